The number of hydrogen-bond acceptors (Lipinski definition) is 4. The van der Waals surface area contributed by atoms with Gasteiger partial charge in [-0.2, -0.15) is 0 Å². The van der Waals surface area contributed by atoms with E-state index < -0.39 is 10.9 Å². The lowest BCUT2D eigenvalue weighted by Gasteiger charge is -2.04. The molecule has 1 rings (SSSR count). The van der Waals surface area contributed by atoms with Gasteiger partial charge in [0.15, 0.2) is 0 Å². The molecule has 0 saturated carbocycles. The molecule has 0 spiro atoms. The summed E-state index contributed by atoms with van der Waals surface area (Å²) in [5.41, 5.74) is -0.721. The highest BCUT2D eigenvalue weighted by molar-refractivity contribution is 6.27. The molecule has 0 aliphatic carbocycles. The van der Waals surface area contributed by atoms with E-state index in [9.17, 15) is 14.9 Å². The van der Waals surface area contributed by atoms with Gasteiger partial charge in [0, 0.05) is 6.07 Å². The quantitative estimate of drug-likeness (QED) is 0.252. The van der Waals surface area contributed by atoms with E-state index >= 15 is 0 Å². The SMILES string of the molecule is COC(=O)C(=C=[N-])c1ccccc1[N+](=O)[O-]. The molecule has 16 heavy (non-hydrogen) atoms. The van der Waals surface area contributed by atoms with Gasteiger partial charge in [-0.15, -0.1) is 0 Å². The second kappa shape index (κ2) is 4.86. The Morgan fingerprint density at radius 1 is 1.50 bits per heavy atom. The number of carbonyl (C=O) groups excluding carboxylic acids is 1. The van der Waals surface area contributed by atoms with Crippen molar-refractivity contribution < 1.29 is 14.5 Å². The van der Waals surface area contributed by atoms with E-state index in [1.54, 1.807) is 5.87 Å². The topological polar surface area (TPSA) is 91.7 Å². The van der Waals surface area contributed by atoms with Crippen molar-refractivity contribution in [2.75, 3.05) is 7.11 Å². The average Bonchev–Trinajstić information content (AvgIpc) is 2.30. The first-order valence-corrected chi connectivity index (χ1v) is 4.21. The van der Waals surface area contributed by atoms with Gasteiger partial charge in [-0.25, -0.2) is 4.79 Å². The van der Waals surface area contributed by atoms with Crippen molar-refractivity contribution in [1.29, 1.82) is 0 Å². The Morgan fingerprint density at radius 2 is 2.12 bits per heavy atom. The van der Waals surface area contributed by atoms with Crippen LogP contribution in [0.25, 0.3) is 11.0 Å². The Morgan fingerprint density at radius 3 is 2.62 bits per heavy atom. The molecule has 0 aromatic heterocycles. The van der Waals surface area contributed by atoms with Crippen LogP contribution in [0.3, 0.4) is 0 Å². The fourth-order valence-electron chi connectivity index (χ4n) is 1.16. The highest BCUT2D eigenvalue weighted by Gasteiger charge is 2.20. The van der Waals surface area contributed by atoms with Crippen molar-refractivity contribution in [3.63, 3.8) is 0 Å². The number of esters is 1. The van der Waals surface area contributed by atoms with Crippen LogP contribution in [0.2, 0.25) is 0 Å². The van der Waals surface area contributed by atoms with Crippen LogP contribution >= 0.6 is 0 Å². The molecule has 6 nitrogen and oxygen atoms in total. The minimum Gasteiger partial charge on any atom is -0.763 e. The van der Waals surface area contributed by atoms with Crippen LogP contribution in [-0.4, -0.2) is 23.9 Å². The molecule has 0 aliphatic heterocycles. The third kappa shape index (κ3) is 2.13. The van der Waals surface area contributed by atoms with Crippen molar-refractivity contribution in [3.8, 4) is 0 Å². The van der Waals surface area contributed by atoms with E-state index in [1.807, 2.05) is 0 Å². The Labute approximate surface area is 90.8 Å². The lowest BCUT2D eigenvalue weighted by atomic mass is 10.1. The van der Waals surface area contributed by atoms with E-state index in [4.69, 9.17) is 5.41 Å². The zero-order chi connectivity index (χ0) is 12.1. The van der Waals surface area contributed by atoms with Gasteiger partial charge >= 0.3 is 5.97 Å². The van der Waals surface area contributed by atoms with Crippen LogP contribution in [0, 0.1) is 10.1 Å². The molecule has 0 heterocycles. The van der Waals surface area contributed by atoms with Crippen LogP contribution in [0.15, 0.2) is 24.3 Å². The Kier molecular flexibility index (Phi) is 3.53. The number of ether oxygens (including phenoxy) is 1. The van der Waals surface area contributed by atoms with E-state index in [0.717, 1.165) is 7.11 Å². The zero-order valence-electron chi connectivity index (χ0n) is 8.34. The Hall–Kier alpha value is -2.46. The molecule has 0 saturated heterocycles. The predicted molar refractivity (Wildman–Crippen MR) is 56.9 cm³/mol. The van der Waals surface area contributed by atoms with Gasteiger partial charge in [-0.3, -0.25) is 16.0 Å². The van der Waals surface area contributed by atoms with E-state index in [0.29, 0.717) is 0 Å². The van der Waals surface area contributed by atoms with Crippen molar-refractivity contribution in [2.24, 2.45) is 0 Å². The molecule has 0 fully saturated rings. The molecule has 1 aromatic rings. The number of nitrogens with zero attached hydrogens (tertiary/aromatic N) is 2. The number of benzene rings is 1. The molecular formula is C10H7N2O4-. The molecule has 0 N–H and O–H groups in total. The summed E-state index contributed by atoms with van der Waals surface area (Å²) >= 11 is 0. The first kappa shape index (κ1) is 11.6. The normalized spacial score (nSPS) is 9.06. The summed E-state index contributed by atoms with van der Waals surface area (Å²) in [6, 6.07) is 5.50. The highest BCUT2D eigenvalue weighted by atomic mass is 16.6. The molecule has 6 heteroatoms. The number of para-hydroxylation sites is 1. The van der Waals surface area contributed by atoms with E-state index in [1.165, 1.54) is 24.3 Å². The lowest BCUT2D eigenvalue weighted by Crippen LogP contribution is -2.06. The number of rotatable bonds is 3. The number of methoxy groups -OCH3 is 1. The Bertz CT molecular complexity index is 489. The number of nitro benzene ring substituents is 1. The van der Waals surface area contributed by atoms with Crippen LogP contribution < -0.4 is 0 Å². The molecule has 0 amide bonds. The highest BCUT2D eigenvalue weighted by Crippen LogP contribution is 2.24. The first-order chi connectivity index (χ1) is 7.61. The molecule has 0 bridgehead atoms. The molecular weight excluding hydrogens is 212 g/mol. The van der Waals surface area contributed by atoms with E-state index in [2.05, 4.69) is 4.74 Å². The first-order valence-electron chi connectivity index (χ1n) is 4.21. The molecule has 0 radical (unpaired) electrons. The van der Waals surface area contributed by atoms with E-state index in [-0.39, 0.29) is 16.8 Å². The zero-order valence-corrected chi connectivity index (χ0v) is 8.34. The number of nitro groups is 1. The maximum absolute atomic E-state index is 11.2. The molecule has 0 unspecified atom stereocenters. The number of carbonyl (C=O) groups is 1. The van der Waals surface area contributed by atoms with Crippen molar-refractivity contribution in [1.82, 2.24) is 0 Å². The second-order valence-corrected chi connectivity index (χ2v) is 2.75. The third-order valence-electron chi connectivity index (χ3n) is 1.87. The lowest BCUT2D eigenvalue weighted by molar-refractivity contribution is -0.385. The van der Waals surface area contributed by atoms with Gasteiger partial charge < -0.3 is 10.1 Å². The largest absolute Gasteiger partial charge is 0.763 e. The van der Waals surface area contributed by atoms with Crippen LogP contribution in [0.5, 0.6) is 0 Å². The van der Waals surface area contributed by atoms with Gasteiger partial charge in [-0.1, -0.05) is 12.1 Å². The smallest absolute Gasteiger partial charge is 0.344 e. The van der Waals surface area contributed by atoms with Crippen LogP contribution in [0.4, 0.5) is 5.69 Å². The summed E-state index contributed by atoms with van der Waals surface area (Å²) in [7, 11) is 1.11. The molecule has 1 aromatic carbocycles. The van der Waals surface area contributed by atoms with Crippen molar-refractivity contribution in [3.05, 3.63) is 45.4 Å². The minimum absolute atomic E-state index is 0.0400. The van der Waals surface area contributed by atoms with Crippen LogP contribution in [-0.2, 0) is 9.53 Å². The van der Waals surface area contributed by atoms with Crippen LogP contribution in [0.1, 0.15) is 5.56 Å². The Balaban J connectivity index is 3.37. The molecule has 0 atom stereocenters. The van der Waals surface area contributed by atoms with Crippen molar-refractivity contribution >= 4 is 23.1 Å². The van der Waals surface area contributed by atoms with Gasteiger partial charge in [0.25, 0.3) is 5.69 Å². The van der Waals surface area contributed by atoms with Gasteiger partial charge in [0.2, 0.25) is 0 Å². The maximum Gasteiger partial charge on any atom is 0.344 e. The summed E-state index contributed by atoms with van der Waals surface area (Å²) < 4.78 is 4.37. The summed E-state index contributed by atoms with van der Waals surface area (Å²) in [5.74, 6) is 0.710. The van der Waals surface area contributed by atoms with Gasteiger partial charge in [0.1, 0.15) is 0 Å². The standard InChI is InChI=1S/C10H7N2O4/c1-16-10(13)8(6-11)7-4-2-3-5-9(7)12(14)15/h2-5H,1H3/q-1. The fourth-order valence-corrected chi connectivity index (χ4v) is 1.16. The third-order valence-corrected chi connectivity index (χ3v) is 1.87. The molecule has 0 aliphatic rings. The number of hydrogen-bond donors (Lipinski definition) is 0. The monoisotopic (exact) mass is 219 g/mol. The summed E-state index contributed by atoms with van der Waals surface area (Å²) in [5, 5.41) is 19.5. The van der Waals surface area contributed by atoms with Crippen molar-refractivity contribution in [2.45, 2.75) is 0 Å². The minimum atomic E-state index is -0.892. The predicted octanol–water partition coefficient (Wildman–Crippen LogP) is 1.39. The fraction of sp³-hybridized carbons (Fsp3) is 0.100. The maximum atomic E-state index is 11.2. The molecule has 82 valence electrons. The van der Waals surface area contributed by atoms with Gasteiger partial charge in [-0.05, 0) is 6.07 Å². The average molecular weight is 219 g/mol. The summed E-state index contributed by atoms with van der Waals surface area (Å²) in [4.78, 5) is 21.2. The second-order valence-electron chi connectivity index (χ2n) is 2.75. The summed E-state index contributed by atoms with van der Waals surface area (Å²) in [6.45, 7) is 0. The van der Waals surface area contributed by atoms with Gasteiger partial charge in [0.05, 0.1) is 23.2 Å². The summed E-state index contributed by atoms with van der Waals surface area (Å²) in [6.07, 6.45) is 0.